The van der Waals surface area contributed by atoms with Crippen LogP contribution in [0.3, 0.4) is 0 Å². The number of nitrogens with two attached hydrogens (primary N) is 1. The summed E-state index contributed by atoms with van der Waals surface area (Å²) >= 11 is 0. The number of rotatable bonds is 3. The Balaban J connectivity index is 1.62. The van der Waals surface area contributed by atoms with Gasteiger partial charge in [-0.3, -0.25) is 20.1 Å². The van der Waals surface area contributed by atoms with Crippen molar-refractivity contribution in [3.8, 4) is 0 Å². The number of carbonyl (C=O) groups excluding carboxylic acids is 2. The van der Waals surface area contributed by atoms with Gasteiger partial charge in [0.05, 0.1) is 0 Å². The van der Waals surface area contributed by atoms with Crippen LogP contribution in [-0.4, -0.2) is 40.0 Å². The largest absolute Gasteiger partial charge is 0.337 e. The van der Waals surface area contributed by atoms with Crippen molar-refractivity contribution in [1.29, 1.82) is 0 Å². The van der Waals surface area contributed by atoms with Gasteiger partial charge in [0.2, 0.25) is 5.91 Å². The second kappa shape index (κ2) is 4.59. The summed E-state index contributed by atoms with van der Waals surface area (Å²) in [6.07, 6.45) is 0. The normalized spacial score (nSPS) is 27.6. The highest BCUT2D eigenvalue weighted by Crippen LogP contribution is 2.51. The van der Waals surface area contributed by atoms with Crippen molar-refractivity contribution in [2.24, 2.45) is 23.6 Å². The molecule has 1 unspecified atom stereocenters. The fourth-order valence-corrected chi connectivity index (χ4v) is 3.08. The molecule has 2 aliphatic rings. The van der Waals surface area contributed by atoms with Crippen LogP contribution in [0.5, 0.6) is 0 Å². The fourth-order valence-electron chi connectivity index (χ4n) is 3.08. The predicted octanol–water partition coefficient (Wildman–Crippen LogP) is -0.159. The quantitative estimate of drug-likeness (QED) is 0.405. The van der Waals surface area contributed by atoms with Crippen LogP contribution in [0.25, 0.3) is 0 Å². The monoisotopic (exact) mass is 277 g/mol. The molecule has 7 nitrogen and oxygen atoms in total. The van der Waals surface area contributed by atoms with Crippen molar-refractivity contribution in [2.75, 3.05) is 13.1 Å². The average Bonchev–Trinajstić information content (AvgIpc) is 2.88. The molecule has 1 aromatic heterocycles. The van der Waals surface area contributed by atoms with E-state index < -0.39 is 0 Å². The van der Waals surface area contributed by atoms with Crippen molar-refractivity contribution in [2.45, 2.75) is 19.8 Å². The Morgan fingerprint density at radius 3 is 2.60 bits per heavy atom. The number of amides is 2. The molecule has 3 rings (SSSR count). The van der Waals surface area contributed by atoms with Crippen LogP contribution in [0.2, 0.25) is 0 Å². The predicted molar refractivity (Wildman–Crippen MR) is 71.4 cm³/mol. The van der Waals surface area contributed by atoms with E-state index >= 15 is 0 Å². The summed E-state index contributed by atoms with van der Waals surface area (Å²) in [5.41, 5.74) is 3.60. The molecule has 0 spiro atoms. The Bertz CT molecular complexity index is 541. The topological polar surface area (TPSA) is 104 Å². The molecular formula is C13H19N5O2. The van der Waals surface area contributed by atoms with Crippen LogP contribution < -0.4 is 11.3 Å². The van der Waals surface area contributed by atoms with Crippen molar-refractivity contribution in [3.63, 3.8) is 0 Å². The summed E-state index contributed by atoms with van der Waals surface area (Å²) in [5, 5.41) is 6.97. The number of aromatic nitrogens is 2. The molecule has 2 fully saturated rings. The molecule has 108 valence electrons. The second-order valence-corrected chi connectivity index (χ2v) is 5.94. The number of piperidine rings is 1. The number of hydrazine groups is 1. The minimum Gasteiger partial charge on any atom is -0.337 e. The van der Waals surface area contributed by atoms with E-state index in [2.05, 4.69) is 15.6 Å². The van der Waals surface area contributed by atoms with Crippen LogP contribution in [0.15, 0.2) is 6.07 Å². The first-order chi connectivity index (χ1) is 9.52. The van der Waals surface area contributed by atoms with Crippen LogP contribution >= 0.6 is 0 Å². The fraction of sp³-hybridized carbons (Fsp3) is 0.615. The molecule has 2 amide bonds. The van der Waals surface area contributed by atoms with Gasteiger partial charge >= 0.3 is 0 Å². The zero-order chi connectivity index (χ0) is 14.4. The van der Waals surface area contributed by atoms with Gasteiger partial charge in [0.15, 0.2) is 0 Å². The molecule has 7 heteroatoms. The number of fused-ring (bicyclic) bond motifs is 1. The van der Waals surface area contributed by atoms with Gasteiger partial charge < -0.3 is 4.90 Å². The maximum atomic E-state index is 12.3. The average molecular weight is 277 g/mol. The number of nitrogens with one attached hydrogen (secondary N) is 2. The highest BCUT2D eigenvalue weighted by Gasteiger charge is 2.60. The lowest BCUT2D eigenvalue weighted by molar-refractivity contribution is -0.123. The van der Waals surface area contributed by atoms with E-state index in [4.69, 9.17) is 5.84 Å². The third-order valence-electron chi connectivity index (χ3n) is 4.37. The highest BCUT2D eigenvalue weighted by atomic mass is 16.2. The van der Waals surface area contributed by atoms with E-state index in [0.29, 0.717) is 24.7 Å². The Morgan fingerprint density at radius 1 is 1.45 bits per heavy atom. The second-order valence-electron chi connectivity index (χ2n) is 5.94. The molecule has 0 radical (unpaired) electrons. The summed E-state index contributed by atoms with van der Waals surface area (Å²) in [6, 6.07) is 1.81. The van der Waals surface area contributed by atoms with Gasteiger partial charge in [-0.2, -0.15) is 5.10 Å². The molecule has 1 aliphatic carbocycles. The summed E-state index contributed by atoms with van der Waals surface area (Å²) < 4.78 is 0. The molecule has 3 atom stereocenters. The molecule has 20 heavy (non-hydrogen) atoms. The molecule has 1 aromatic rings. The lowest BCUT2D eigenvalue weighted by Gasteiger charge is -2.18. The van der Waals surface area contributed by atoms with Gasteiger partial charge in [-0.15, -0.1) is 0 Å². The molecule has 2 heterocycles. The van der Waals surface area contributed by atoms with E-state index in [-0.39, 0.29) is 29.6 Å². The lowest BCUT2D eigenvalue weighted by Crippen LogP contribution is -2.37. The van der Waals surface area contributed by atoms with Crippen molar-refractivity contribution in [3.05, 3.63) is 17.5 Å². The number of hydrogen-bond donors (Lipinski definition) is 3. The Labute approximate surface area is 116 Å². The maximum Gasteiger partial charge on any atom is 0.274 e. The maximum absolute atomic E-state index is 12.3. The summed E-state index contributed by atoms with van der Waals surface area (Å²) in [6.45, 7) is 5.32. The third-order valence-corrected chi connectivity index (χ3v) is 4.37. The van der Waals surface area contributed by atoms with Crippen LogP contribution in [0, 0.1) is 17.8 Å². The standard InChI is InChI=1S/C13H19N5O2/c1-6(2)9-3-10(17-16-9)13(20)18-4-7-8(5-18)11(7)12(19)15-14/h3,6-8,11H,4-5,14H2,1-2H3,(H,15,19)(H,16,17)/t7-,8+,11?. The van der Waals surface area contributed by atoms with E-state index in [1.807, 2.05) is 13.8 Å². The lowest BCUT2D eigenvalue weighted by atomic mass is 10.1. The van der Waals surface area contributed by atoms with Crippen molar-refractivity contribution < 1.29 is 9.59 Å². The smallest absolute Gasteiger partial charge is 0.274 e. The number of hydrogen-bond acceptors (Lipinski definition) is 4. The van der Waals surface area contributed by atoms with E-state index in [0.717, 1.165) is 5.69 Å². The van der Waals surface area contributed by atoms with Crippen LogP contribution in [0.1, 0.15) is 35.9 Å². The zero-order valence-corrected chi connectivity index (χ0v) is 11.6. The molecule has 0 aromatic carbocycles. The molecule has 1 aliphatic heterocycles. The van der Waals surface area contributed by atoms with Crippen molar-refractivity contribution in [1.82, 2.24) is 20.5 Å². The number of nitrogens with zero attached hydrogens (tertiary/aromatic N) is 2. The first-order valence-electron chi connectivity index (χ1n) is 6.88. The van der Waals surface area contributed by atoms with Gasteiger partial charge in [-0.1, -0.05) is 13.8 Å². The SMILES string of the molecule is CC(C)c1cc(C(=O)N2C[C@@H]3C(C(=O)NN)[C@@H]3C2)n[nH]1. The molecule has 1 saturated carbocycles. The Morgan fingerprint density at radius 2 is 2.10 bits per heavy atom. The number of aromatic amines is 1. The first-order valence-corrected chi connectivity index (χ1v) is 6.88. The third kappa shape index (κ3) is 1.98. The first kappa shape index (κ1) is 13.1. The van der Waals surface area contributed by atoms with Gasteiger partial charge in [0.1, 0.15) is 5.69 Å². The number of carbonyl (C=O) groups is 2. The van der Waals surface area contributed by atoms with Gasteiger partial charge in [0, 0.05) is 24.7 Å². The summed E-state index contributed by atoms with van der Waals surface area (Å²) in [4.78, 5) is 25.5. The van der Waals surface area contributed by atoms with E-state index in [1.165, 1.54) is 0 Å². The Hall–Kier alpha value is -1.89. The Kier molecular flexibility index (Phi) is 3.01. The summed E-state index contributed by atoms with van der Waals surface area (Å²) in [7, 11) is 0. The zero-order valence-electron chi connectivity index (χ0n) is 11.6. The highest BCUT2D eigenvalue weighted by molar-refractivity contribution is 5.93. The molecule has 1 saturated heterocycles. The van der Waals surface area contributed by atoms with Gasteiger partial charge in [-0.05, 0) is 23.8 Å². The minimum absolute atomic E-state index is 0.0190. The van der Waals surface area contributed by atoms with Crippen LogP contribution in [0.4, 0.5) is 0 Å². The molecule has 0 bridgehead atoms. The van der Waals surface area contributed by atoms with Crippen LogP contribution in [-0.2, 0) is 4.79 Å². The molecular weight excluding hydrogens is 258 g/mol. The molecule has 4 N–H and O–H groups in total. The van der Waals surface area contributed by atoms with Crippen molar-refractivity contribution >= 4 is 11.8 Å². The number of H-pyrrole nitrogens is 1. The summed E-state index contributed by atoms with van der Waals surface area (Å²) in [5.74, 6) is 5.76. The van der Waals surface area contributed by atoms with E-state index in [1.54, 1.807) is 11.0 Å². The van der Waals surface area contributed by atoms with Gasteiger partial charge in [-0.25, -0.2) is 5.84 Å². The number of likely N-dealkylation sites (tertiary alicyclic amines) is 1. The minimum atomic E-state index is -0.117. The van der Waals surface area contributed by atoms with E-state index in [9.17, 15) is 9.59 Å². The van der Waals surface area contributed by atoms with Gasteiger partial charge in [0.25, 0.3) is 5.91 Å².